The summed E-state index contributed by atoms with van der Waals surface area (Å²) < 4.78 is 0. The third-order valence-corrected chi connectivity index (χ3v) is 4.44. The Morgan fingerprint density at radius 1 is 0.957 bits per heavy atom. The fourth-order valence-corrected chi connectivity index (χ4v) is 2.76. The summed E-state index contributed by atoms with van der Waals surface area (Å²) in [5, 5.41) is 12.1. The molecule has 0 bridgehead atoms. The van der Waals surface area contributed by atoms with Crippen molar-refractivity contribution >= 4 is 11.9 Å². The number of hydrogen-bond donors (Lipinski definition) is 2. The van der Waals surface area contributed by atoms with Gasteiger partial charge in [0.05, 0.1) is 11.3 Å². The van der Waals surface area contributed by atoms with Gasteiger partial charge in [-0.25, -0.2) is 0 Å². The van der Waals surface area contributed by atoms with Gasteiger partial charge in [-0.1, -0.05) is 60.7 Å². The summed E-state index contributed by atoms with van der Waals surface area (Å²) in [5.41, 5.74) is 1.04. The van der Waals surface area contributed by atoms with E-state index < -0.39 is 17.3 Å². The van der Waals surface area contributed by atoms with Gasteiger partial charge in [0, 0.05) is 6.54 Å². The van der Waals surface area contributed by atoms with Gasteiger partial charge < -0.3 is 10.4 Å². The summed E-state index contributed by atoms with van der Waals surface area (Å²) >= 11 is 0. The molecule has 0 aliphatic heterocycles. The number of carboxylic acids is 1. The molecule has 0 aromatic heterocycles. The Balaban J connectivity index is 1.81. The minimum atomic E-state index is -0.825. The molecule has 23 heavy (non-hydrogen) atoms. The lowest BCUT2D eigenvalue weighted by Gasteiger charge is -2.19. The summed E-state index contributed by atoms with van der Waals surface area (Å²) in [6.45, 7) is 0.192. The molecule has 3 rings (SSSR count). The van der Waals surface area contributed by atoms with Gasteiger partial charge >= 0.3 is 5.97 Å². The van der Waals surface area contributed by atoms with Gasteiger partial charge in [-0.05, 0) is 24.0 Å². The second-order valence-corrected chi connectivity index (χ2v) is 6.06. The number of nitrogens with one attached hydrogen (secondary N) is 1. The van der Waals surface area contributed by atoms with Crippen LogP contribution in [0.15, 0.2) is 60.7 Å². The number of hydrogen-bond acceptors (Lipinski definition) is 2. The molecule has 0 saturated heterocycles. The van der Waals surface area contributed by atoms with Gasteiger partial charge in [-0.15, -0.1) is 0 Å². The van der Waals surface area contributed by atoms with Crippen LogP contribution in [0.4, 0.5) is 0 Å². The van der Waals surface area contributed by atoms with Gasteiger partial charge in [-0.2, -0.15) is 0 Å². The third-order valence-electron chi connectivity index (χ3n) is 4.44. The molecular formula is C19H19NO3. The number of aliphatic carboxylic acids is 1. The van der Waals surface area contributed by atoms with Crippen LogP contribution in [0.3, 0.4) is 0 Å². The van der Waals surface area contributed by atoms with E-state index in [2.05, 4.69) is 5.32 Å². The fraction of sp³-hybridized carbons (Fsp3) is 0.263. The van der Waals surface area contributed by atoms with Gasteiger partial charge in [0.1, 0.15) is 0 Å². The van der Waals surface area contributed by atoms with Crippen LogP contribution in [0.5, 0.6) is 0 Å². The molecule has 1 fully saturated rings. The second kappa shape index (κ2) is 6.24. The van der Waals surface area contributed by atoms with E-state index in [1.54, 1.807) is 0 Å². The van der Waals surface area contributed by atoms with E-state index in [4.69, 9.17) is 0 Å². The van der Waals surface area contributed by atoms with Crippen molar-refractivity contribution in [3.63, 3.8) is 0 Å². The summed E-state index contributed by atoms with van der Waals surface area (Å²) in [6, 6.07) is 19.1. The molecule has 0 radical (unpaired) electrons. The number of amides is 1. The molecule has 0 spiro atoms. The van der Waals surface area contributed by atoms with Crippen LogP contribution in [-0.4, -0.2) is 23.5 Å². The van der Waals surface area contributed by atoms with Gasteiger partial charge in [0.2, 0.25) is 5.91 Å². The number of rotatable bonds is 6. The predicted molar refractivity (Wildman–Crippen MR) is 87.0 cm³/mol. The van der Waals surface area contributed by atoms with Crippen molar-refractivity contribution in [3.8, 4) is 0 Å². The average molecular weight is 309 g/mol. The standard InChI is InChI=1S/C19H19NO3/c21-17(20-13-19(11-12-19)18(22)23)16(14-7-3-1-4-8-14)15-9-5-2-6-10-15/h1-10,16H,11-13H2,(H,20,21)(H,22,23). The molecule has 0 atom stereocenters. The quantitative estimate of drug-likeness (QED) is 0.862. The van der Waals surface area contributed by atoms with Crippen LogP contribution in [0.1, 0.15) is 29.9 Å². The normalized spacial score (nSPS) is 15.2. The maximum Gasteiger partial charge on any atom is 0.311 e. The first-order valence-electron chi connectivity index (χ1n) is 7.73. The van der Waals surface area contributed by atoms with Gasteiger partial charge in [-0.3, -0.25) is 9.59 Å². The topological polar surface area (TPSA) is 66.4 Å². The maximum absolute atomic E-state index is 12.7. The van der Waals surface area contributed by atoms with E-state index >= 15 is 0 Å². The molecule has 2 N–H and O–H groups in total. The van der Waals surface area contributed by atoms with E-state index in [-0.39, 0.29) is 12.5 Å². The summed E-state index contributed by atoms with van der Waals surface area (Å²) in [4.78, 5) is 24.0. The van der Waals surface area contributed by atoms with E-state index in [1.807, 2.05) is 60.7 Å². The number of benzene rings is 2. The van der Waals surface area contributed by atoms with E-state index in [9.17, 15) is 14.7 Å². The molecule has 1 aliphatic carbocycles. The van der Waals surface area contributed by atoms with Crippen LogP contribution in [0, 0.1) is 5.41 Å². The Kier molecular flexibility index (Phi) is 4.15. The minimum absolute atomic E-state index is 0.157. The van der Waals surface area contributed by atoms with Crippen LogP contribution < -0.4 is 5.32 Å². The minimum Gasteiger partial charge on any atom is -0.481 e. The van der Waals surface area contributed by atoms with Crippen LogP contribution >= 0.6 is 0 Å². The maximum atomic E-state index is 12.7. The van der Waals surface area contributed by atoms with Crippen molar-refractivity contribution in [2.75, 3.05) is 6.54 Å². The SMILES string of the molecule is O=C(NCC1(C(=O)O)CC1)C(c1ccccc1)c1ccccc1. The Morgan fingerprint density at radius 2 is 1.43 bits per heavy atom. The highest BCUT2D eigenvalue weighted by Gasteiger charge is 2.50. The first-order chi connectivity index (χ1) is 11.1. The summed E-state index contributed by atoms with van der Waals surface area (Å²) in [7, 11) is 0. The Hall–Kier alpha value is -2.62. The van der Waals surface area contributed by atoms with Crippen molar-refractivity contribution < 1.29 is 14.7 Å². The first-order valence-corrected chi connectivity index (χ1v) is 7.73. The molecule has 2 aromatic rings. The van der Waals surface area contributed by atoms with E-state index in [1.165, 1.54) is 0 Å². The lowest BCUT2D eigenvalue weighted by molar-refractivity contribution is -0.143. The Labute approximate surface area is 135 Å². The van der Waals surface area contributed by atoms with Crippen LogP contribution in [0.2, 0.25) is 0 Å². The predicted octanol–water partition coefficient (Wildman–Crippen LogP) is 2.80. The summed E-state index contributed by atoms with van der Waals surface area (Å²) in [5.74, 6) is -1.41. The molecule has 1 saturated carbocycles. The zero-order chi connectivity index (χ0) is 16.3. The zero-order valence-electron chi connectivity index (χ0n) is 12.7. The zero-order valence-corrected chi connectivity index (χ0v) is 12.7. The van der Waals surface area contributed by atoms with Crippen molar-refractivity contribution in [2.45, 2.75) is 18.8 Å². The molecule has 4 nitrogen and oxygen atoms in total. The van der Waals surface area contributed by atoms with Crippen molar-refractivity contribution in [1.29, 1.82) is 0 Å². The number of carbonyl (C=O) groups excluding carboxylic acids is 1. The molecule has 1 aliphatic rings. The molecule has 1 amide bonds. The largest absolute Gasteiger partial charge is 0.481 e. The Bertz CT molecular complexity index is 654. The molecule has 4 heteroatoms. The Morgan fingerprint density at radius 3 is 1.83 bits per heavy atom. The number of carboxylic acid groups (broad SMARTS) is 1. The summed E-state index contributed by atoms with van der Waals surface area (Å²) in [6.07, 6.45) is 1.26. The lowest BCUT2D eigenvalue weighted by atomic mass is 9.90. The highest BCUT2D eigenvalue weighted by molar-refractivity contribution is 5.88. The van der Waals surface area contributed by atoms with Gasteiger partial charge in [0.25, 0.3) is 0 Å². The first kappa shape index (κ1) is 15.3. The third kappa shape index (κ3) is 3.26. The molecule has 118 valence electrons. The average Bonchev–Trinajstić information content (AvgIpc) is 3.37. The highest BCUT2D eigenvalue weighted by Crippen LogP contribution is 2.45. The van der Waals surface area contributed by atoms with Crippen LogP contribution in [0.25, 0.3) is 0 Å². The molecule has 0 heterocycles. The highest BCUT2D eigenvalue weighted by atomic mass is 16.4. The monoisotopic (exact) mass is 309 g/mol. The fourth-order valence-electron chi connectivity index (χ4n) is 2.76. The van der Waals surface area contributed by atoms with Crippen molar-refractivity contribution in [2.24, 2.45) is 5.41 Å². The second-order valence-electron chi connectivity index (χ2n) is 6.06. The van der Waals surface area contributed by atoms with E-state index in [0.717, 1.165) is 11.1 Å². The van der Waals surface area contributed by atoms with Crippen molar-refractivity contribution in [1.82, 2.24) is 5.32 Å². The van der Waals surface area contributed by atoms with E-state index in [0.29, 0.717) is 12.8 Å². The van der Waals surface area contributed by atoms with Crippen molar-refractivity contribution in [3.05, 3.63) is 71.8 Å². The lowest BCUT2D eigenvalue weighted by Crippen LogP contribution is -2.37. The number of carbonyl (C=O) groups is 2. The molecule has 0 unspecified atom stereocenters. The molecule has 2 aromatic carbocycles. The molecular weight excluding hydrogens is 290 g/mol. The van der Waals surface area contributed by atoms with Crippen LogP contribution in [-0.2, 0) is 9.59 Å². The smallest absolute Gasteiger partial charge is 0.311 e. The van der Waals surface area contributed by atoms with Gasteiger partial charge in [0.15, 0.2) is 0 Å².